The average molecular weight is 442 g/mol. The Bertz CT molecular complexity index is 1200. The van der Waals surface area contributed by atoms with Gasteiger partial charge in [0.1, 0.15) is 0 Å². The molecule has 0 aliphatic carbocycles. The van der Waals surface area contributed by atoms with Crippen LogP contribution in [0.3, 0.4) is 0 Å². The van der Waals surface area contributed by atoms with Gasteiger partial charge in [0.05, 0.1) is 28.1 Å². The molecule has 2 aromatic carbocycles. The summed E-state index contributed by atoms with van der Waals surface area (Å²) in [5, 5.41) is 27.1. The zero-order valence-electron chi connectivity index (χ0n) is 15.9. The maximum atomic E-state index is 12.5. The highest BCUT2D eigenvalue weighted by Crippen LogP contribution is 2.33. The molecule has 0 fully saturated rings. The summed E-state index contributed by atoms with van der Waals surface area (Å²) in [6.07, 6.45) is 1.83. The van der Waals surface area contributed by atoms with Gasteiger partial charge in [-0.05, 0) is 42.0 Å². The maximum absolute atomic E-state index is 12.5. The zero-order chi connectivity index (χ0) is 21.1. The summed E-state index contributed by atoms with van der Waals surface area (Å²) in [6, 6.07) is 16.6. The van der Waals surface area contributed by atoms with Crippen molar-refractivity contribution in [1.29, 1.82) is 0 Å². The molecule has 0 atom stereocenters. The van der Waals surface area contributed by atoms with Crippen molar-refractivity contribution < 1.29 is 15.0 Å². The third-order valence-corrected chi connectivity index (χ3v) is 5.90. The number of fused-ring (bicyclic) bond motifs is 1. The first-order chi connectivity index (χ1) is 14.5. The minimum atomic E-state index is -0.241. The van der Waals surface area contributed by atoms with Gasteiger partial charge in [0.15, 0.2) is 5.88 Å². The number of halogens is 1. The van der Waals surface area contributed by atoms with Crippen LogP contribution in [0.2, 0.25) is 4.34 Å². The second kappa shape index (κ2) is 8.79. The SMILES string of the molecule is O=C(Nc1cccc2c(O)n(Cc3cccc(NCCO)c3)cc12)c1ccc(Cl)s1. The number of rotatable bonds is 7. The van der Waals surface area contributed by atoms with E-state index in [1.165, 1.54) is 11.3 Å². The van der Waals surface area contributed by atoms with Crippen LogP contribution in [0.25, 0.3) is 10.8 Å². The fourth-order valence-electron chi connectivity index (χ4n) is 3.30. The normalized spacial score (nSPS) is 11.0. The summed E-state index contributed by atoms with van der Waals surface area (Å²) in [5.74, 6) is -0.108. The summed E-state index contributed by atoms with van der Waals surface area (Å²) in [6.45, 7) is 0.990. The van der Waals surface area contributed by atoms with Gasteiger partial charge < -0.3 is 25.4 Å². The van der Waals surface area contributed by atoms with E-state index in [-0.39, 0.29) is 18.4 Å². The van der Waals surface area contributed by atoms with Gasteiger partial charge in [0.25, 0.3) is 5.91 Å². The molecule has 2 heterocycles. The number of benzene rings is 2. The van der Waals surface area contributed by atoms with E-state index in [1.807, 2.05) is 36.5 Å². The molecule has 4 N–H and O–H groups in total. The van der Waals surface area contributed by atoms with E-state index in [1.54, 1.807) is 28.8 Å². The lowest BCUT2D eigenvalue weighted by atomic mass is 10.2. The largest absolute Gasteiger partial charge is 0.494 e. The molecule has 1 amide bonds. The van der Waals surface area contributed by atoms with E-state index in [0.717, 1.165) is 16.6 Å². The molecule has 30 heavy (non-hydrogen) atoms. The molecule has 4 aromatic rings. The fourth-order valence-corrected chi connectivity index (χ4v) is 4.24. The Morgan fingerprint density at radius 2 is 1.93 bits per heavy atom. The number of thiophene rings is 1. The van der Waals surface area contributed by atoms with E-state index in [9.17, 15) is 9.90 Å². The molecule has 0 aliphatic rings. The fraction of sp³-hybridized carbons (Fsp3) is 0.136. The number of aromatic hydroxyl groups is 1. The topological polar surface area (TPSA) is 86.5 Å². The van der Waals surface area contributed by atoms with E-state index in [4.69, 9.17) is 16.7 Å². The van der Waals surface area contributed by atoms with Gasteiger partial charge in [-0.2, -0.15) is 0 Å². The van der Waals surface area contributed by atoms with Crippen LogP contribution in [0, 0.1) is 0 Å². The number of carbonyl (C=O) groups excluding carboxylic acids is 1. The Morgan fingerprint density at radius 1 is 1.10 bits per heavy atom. The summed E-state index contributed by atoms with van der Waals surface area (Å²) < 4.78 is 2.30. The molecule has 0 saturated carbocycles. The Balaban J connectivity index is 1.61. The van der Waals surface area contributed by atoms with Gasteiger partial charge in [-0.3, -0.25) is 4.79 Å². The molecule has 154 valence electrons. The monoisotopic (exact) mass is 441 g/mol. The van der Waals surface area contributed by atoms with Crippen molar-refractivity contribution in [3.05, 3.63) is 75.6 Å². The van der Waals surface area contributed by atoms with Crippen LogP contribution in [0.4, 0.5) is 11.4 Å². The number of aliphatic hydroxyl groups is 1. The molecule has 0 bridgehead atoms. The summed E-state index contributed by atoms with van der Waals surface area (Å²) in [5.41, 5.74) is 2.52. The number of hydrogen-bond donors (Lipinski definition) is 4. The predicted molar refractivity (Wildman–Crippen MR) is 122 cm³/mol. The standard InChI is InChI=1S/C22H20ClN3O3S/c23-20-8-7-19(30-20)21(28)25-18-6-2-5-16-17(18)13-26(22(16)29)12-14-3-1-4-15(11-14)24-9-10-27/h1-8,11,13,24,27,29H,9-10,12H2,(H,25,28). The van der Waals surface area contributed by atoms with Crippen molar-refractivity contribution in [3.8, 4) is 5.88 Å². The Labute approximate surface area is 182 Å². The van der Waals surface area contributed by atoms with Crippen LogP contribution in [-0.4, -0.2) is 33.8 Å². The lowest BCUT2D eigenvalue weighted by molar-refractivity contribution is 0.103. The molecule has 0 aliphatic heterocycles. The number of hydrogen-bond acceptors (Lipinski definition) is 5. The smallest absolute Gasteiger partial charge is 0.265 e. The maximum Gasteiger partial charge on any atom is 0.265 e. The second-order valence-corrected chi connectivity index (χ2v) is 8.47. The van der Waals surface area contributed by atoms with E-state index >= 15 is 0 Å². The van der Waals surface area contributed by atoms with Gasteiger partial charge in [0, 0.05) is 29.2 Å². The first kappa shape index (κ1) is 20.3. The van der Waals surface area contributed by atoms with Crippen LogP contribution in [0.5, 0.6) is 5.88 Å². The molecular weight excluding hydrogens is 422 g/mol. The number of carbonyl (C=O) groups is 1. The number of aliphatic hydroxyl groups excluding tert-OH is 1. The third kappa shape index (κ3) is 4.28. The first-order valence-corrected chi connectivity index (χ1v) is 10.6. The average Bonchev–Trinajstić information content (AvgIpc) is 3.31. The summed E-state index contributed by atoms with van der Waals surface area (Å²) >= 11 is 7.14. The number of anilines is 2. The van der Waals surface area contributed by atoms with Crippen LogP contribution in [0.1, 0.15) is 15.2 Å². The Kier molecular flexibility index (Phi) is 5.94. The van der Waals surface area contributed by atoms with Gasteiger partial charge in [-0.25, -0.2) is 0 Å². The Morgan fingerprint density at radius 3 is 2.70 bits per heavy atom. The molecular formula is C22H20ClN3O3S. The van der Waals surface area contributed by atoms with Crippen LogP contribution in [-0.2, 0) is 6.54 Å². The van der Waals surface area contributed by atoms with Gasteiger partial charge in [-0.1, -0.05) is 29.8 Å². The number of amides is 1. The number of nitrogens with zero attached hydrogens (tertiary/aromatic N) is 1. The van der Waals surface area contributed by atoms with Crippen molar-refractivity contribution >= 4 is 51.0 Å². The molecule has 8 heteroatoms. The molecule has 0 unspecified atom stereocenters. The summed E-state index contributed by atoms with van der Waals surface area (Å²) in [4.78, 5) is 13.0. The van der Waals surface area contributed by atoms with E-state index in [2.05, 4.69) is 10.6 Å². The second-order valence-electron chi connectivity index (χ2n) is 6.76. The van der Waals surface area contributed by atoms with Crippen LogP contribution < -0.4 is 10.6 Å². The van der Waals surface area contributed by atoms with Gasteiger partial charge in [-0.15, -0.1) is 11.3 Å². The highest BCUT2D eigenvalue weighted by molar-refractivity contribution is 7.18. The number of aromatic nitrogens is 1. The first-order valence-electron chi connectivity index (χ1n) is 9.36. The molecule has 6 nitrogen and oxygen atoms in total. The lowest BCUT2D eigenvalue weighted by Crippen LogP contribution is -2.10. The molecule has 0 radical (unpaired) electrons. The van der Waals surface area contributed by atoms with E-state index in [0.29, 0.717) is 33.4 Å². The van der Waals surface area contributed by atoms with Crippen molar-refractivity contribution in [2.24, 2.45) is 0 Å². The van der Waals surface area contributed by atoms with Crippen molar-refractivity contribution in [2.45, 2.75) is 6.54 Å². The highest BCUT2D eigenvalue weighted by atomic mass is 35.5. The minimum absolute atomic E-state index is 0.0557. The zero-order valence-corrected chi connectivity index (χ0v) is 17.5. The number of nitrogens with one attached hydrogen (secondary N) is 2. The van der Waals surface area contributed by atoms with Crippen LogP contribution >= 0.6 is 22.9 Å². The Hall–Kier alpha value is -3.00. The van der Waals surface area contributed by atoms with Crippen molar-refractivity contribution in [3.63, 3.8) is 0 Å². The molecule has 4 rings (SSSR count). The molecule has 0 spiro atoms. The van der Waals surface area contributed by atoms with Crippen molar-refractivity contribution in [2.75, 3.05) is 23.8 Å². The highest BCUT2D eigenvalue weighted by Gasteiger charge is 2.15. The van der Waals surface area contributed by atoms with Crippen LogP contribution in [0.15, 0.2) is 60.8 Å². The van der Waals surface area contributed by atoms with Gasteiger partial charge >= 0.3 is 0 Å². The summed E-state index contributed by atoms with van der Waals surface area (Å²) in [7, 11) is 0. The minimum Gasteiger partial charge on any atom is -0.494 e. The van der Waals surface area contributed by atoms with Crippen molar-refractivity contribution in [1.82, 2.24) is 4.57 Å². The van der Waals surface area contributed by atoms with E-state index < -0.39 is 0 Å². The molecule has 2 aromatic heterocycles. The molecule has 0 saturated heterocycles. The lowest BCUT2D eigenvalue weighted by Gasteiger charge is -2.09. The predicted octanol–water partition coefficient (Wildman–Crippen LogP) is 4.77. The quantitative estimate of drug-likeness (QED) is 0.333. The van der Waals surface area contributed by atoms with Gasteiger partial charge in [0.2, 0.25) is 0 Å². The third-order valence-electron chi connectivity index (χ3n) is 4.67.